The lowest BCUT2D eigenvalue weighted by Gasteiger charge is -2.19. The predicted molar refractivity (Wildman–Crippen MR) is 107 cm³/mol. The normalized spacial score (nSPS) is 19.8. The summed E-state index contributed by atoms with van der Waals surface area (Å²) in [5.41, 5.74) is 4.33. The molecule has 2 aromatic carbocycles. The predicted octanol–water partition coefficient (Wildman–Crippen LogP) is 3.27. The van der Waals surface area contributed by atoms with Gasteiger partial charge >= 0.3 is 0 Å². The number of hydrogen-bond donors (Lipinski definition) is 2. The number of anilines is 1. The van der Waals surface area contributed by atoms with Gasteiger partial charge in [0, 0.05) is 18.5 Å². The van der Waals surface area contributed by atoms with Gasteiger partial charge in [-0.1, -0.05) is 24.3 Å². The largest absolute Gasteiger partial charge is 0.321 e. The van der Waals surface area contributed by atoms with E-state index in [9.17, 15) is 4.79 Å². The Hall–Kier alpha value is -2.24. The SMILES string of the molecule is Cc1cccc(NC(=O)C[NH+]2CCC[C@@H]2c2nc3ccccc3s2)c1C. The molecule has 0 radical (unpaired) electrons. The molecule has 26 heavy (non-hydrogen) atoms. The van der Waals surface area contributed by atoms with Crippen LogP contribution in [0.4, 0.5) is 5.69 Å². The Morgan fingerprint density at radius 2 is 2.08 bits per heavy atom. The van der Waals surface area contributed by atoms with Crippen molar-refractivity contribution in [1.82, 2.24) is 4.98 Å². The molecule has 1 aliphatic rings. The minimum absolute atomic E-state index is 0.0849. The van der Waals surface area contributed by atoms with Crippen molar-refractivity contribution in [1.29, 1.82) is 0 Å². The number of quaternary nitrogens is 1. The molecule has 1 amide bonds. The quantitative estimate of drug-likeness (QED) is 0.744. The lowest BCUT2D eigenvalue weighted by atomic mass is 10.1. The molecule has 1 unspecified atom stereocenters. The molecule has 2 heterocycles. The highest BCUT2D eigenvalue weighted by Gasteiger charge is 2.34. The fourth-order valence-electron chi connectivity index (χ4n) is 3.75. The highest BCUT2D eigenvalue weighted by Crippen LogP contribution is 2.28. The van der Waals surface area contributed by atoms with E-state index in [2.05, 4.69) is 43.4 Å². The number of benzene rings is 2. The highest BCUT2D eigenvalue weighted by atomic mass is 32.1. The minimum Gasteiger partial charge on any atom is -0.321 e. The Labute approximate surface area is 157 Å². The van der Waals surface area contributed by atoms with Gasteiger partial charge in [-0.3, -0.25) is 4.79 Å². The maximum atomic E-state index is 12.6. The lowest BCUT2D eigenvalue weighted by Crippen LogP contribution is -3.11. The number of thiazole rings is 1. The summed E-state index contributed by atoms with van der Waals surface area (Å²) in [6, 6.07) is 14.6. The van der Waals surface area contributed by atoms with Gasteiger partial charge in [-0.2, -0.15) is 0 Å². The number of fused-ring (bicyclic) bond motifs is 1. The number of nitrogens with one attached hydrogen (secondary N) is 2. The van der Waals surface area contributed by atoms with E-state index in [4.69, 9.17) is 4.98 Å². The van der Waals surface area contributed by atoms with Crippen LogP contribution in [0.5, 0.6) is 0 Å². The van der Waals surface area contributed by atoms with Crippen LogP contribution in [-0.2, 0) is 4.79 Å². The Bertz CT molecular complexity index is 916. The summed E-state index contributed by atoms with van der Waals surface area (Å²) in [5.74, 6) is 0.0849. The van der Waals surface area contributed by atoms with Crippen molar-refractivity contribution in [2.45, 2.75) is 32.7 Å². The zero-order valence-corrected chi connectivity index (χ0v) is 16.0. The first-order valence-corrected chi connectivity index (χ1v) is 9.99. The third kappa shape index (κ3) is 3.37. The molecule has 4 rings (SSSR count). The van der Waals surface area contributed by atoms with Crippen molar-refractivity contribution in [3.05, 3.63) is 58.6 Å². The van der Waals surface area contributed by atoms with Gasteiger partial charge < -0.3 is 10.2 Å². The second-order valence-electron chi connectivity index (χ2n) is 7.10. The van der Waals surface area contributed by atoms with E-state index in [0.717, 1.165) is 36.2 Å². The van der Waals surface area contributed by atoms with E-state index in [0.29, 0.717) is 12.6 Å². The van der Waals surface area contributed by atoms with E-state index in [-0.39, 0.29) is 5.91 Å². The monoisotopic (exact) mass is 366 g/mol. The average molecular weight is 367 g/mol. The minimum atomic E-state index is 0.0849. The third-order valence-electron chi connectivity index (χ3n) is 5.36. The molecule has 0 spiro atoms. The number of aryl methyl sites for hydroxylation is 1. The van der Waals surface area contributed by atoms with Gasteiger partial charge in [0.2, 0.25) is 0 Å². The molecule has 2 N–H and O–H groups in total. The topological polar surface area (TPSA) is 46.4 Å². The molecular weight excluding hydrogens is 342 g/mol. The molecule has 3 aromatic rings. The molecule has 1 aliphatic heterocycles. The van der Waals surface area contributed by atoms with Gasteiger partial charge in [0.15, 0.2) is 11.6 Å². The summed E-state index contributed by atoms with van der Waals surface area (Å²) < 4.78 is 1.23. The molecule has 0 aliphatic carbocycles. The average Bonchev–Trinajstić information content (AvgIpc) is 3.25. The molecule has 1 saturated heterocycles. The third-order valence-corrected chi connectivity index (χ3v) is 6.51. The van der Waals surface area contributed by atoms with Crippen molar-refractivity contribution in [2.24, 2.45) is 0 Å². The molecule has 1 fully saturated rings. The number of amides is 1. The Morgan fingerprint density at radius 1 is 1.23 bits per heavy atom. The highest BCUT2D eigenvalue weighted by molar-refractivity contribution is 7.18. The Morgan fingerprint density at radius 3 is 2.92 bits per heavy atom. The van der Waals surface area contributed by atoms with Crippen molar-refractivity contribution >= 4 is 33.1 Å². The van der Waals surface area contributed by atoms with E-state index >= 15 is 0 Å². The summed E-state index contributed by atoms with van der Waals surface area (Å²) in [5, 5.41) is 4.26. The molecule has 4 nitrogen and oxygen atoms in total. The van der Waals surface area contributed by atoms with Crippen LogP contribution in [0.3, 0.4) is 0 Å². The van der Waals surface area contributed by atoms with Gasteiger partial charge in [-0.15, -0.1) is 11.3 Å². The van der Waals surface area contributed by atoms with Crippen LogP contribution >= 0.6 is 11.3 Å². The number of aromatic nitrogens is 1. The van der Waals surface area contributed by atoms with Gasteiger partial charge in [0.1, 0.15) is 6.04 Å². The smallest absolute Gasteiger partial charge is 0.279 e. The van der Waals surface area contributed by atoms with E-state index < -0.39 is 0 Å². The number of para-hydroxylation sites is 1. The number of likely N-dealkylation sites (tertiary alicyclic amines) is 1. The molecular formula is C21H24N3OS+. The van der Waals surface area contributed by atoms with Gasteiger partial charge in [-0.05, 0) is 43.2 Å². The Balaban J connectivity index is 1.48. The van der Waals surface area contributed by atoms with Crippen LogP contribution < -0.4 is 10.2 Å². The molecule has 0 bridgehead atoms. The number of carbonyl (C=O) groups is 1. The summed E-state index contributed by atoms with van der Waals surface area (Å²) >= 11 is 1.77. The van der Waals surface area contributed by atoms with Gasteiger partial charge in [0.25, 0.3) is 5.91 Å². The zero-order chi connectivity index (χ0) is 18.1. The number of rotatable bonds is 4. The zero-order valence-electron chi connectivity index (χ0n) is 15.2. The van der Waals surface area contributed by atoms with Crippen LogP contribution in [0.1, 0.15) is 35.0 Å². The van der Waals surface area contributed by atoms with Crippen LogP contribution in [0.25, 0.3) is 10.2 Å². The summed E-state index contributed by atoms with van der Waals surface area (Å²) in [6.07, 6.45) is 2.25. The number of hydrogen-bond acceptors (Lipinski definition) is 3. The first kappa shape index (κ1) is 17.2. The summed E-state index contributed by atoms with van der Waals surface area (Å²) in [7, 11) is 0. The van der Waals surface area contributed by atoms with Crippen molar-refractivity contribution in [2.75, 3.05) is 18.4 Å². The molecule has 0 saturated carbocycles. The number of carbonyl (C=O) groups excluding carboxylic acids is 1. The molecule has 134 valence electrons. The molecule has 2 atom stereocenters. The van der Waals surface area contributed by atoms with Crippen LogP contribution in [0.2, 0.25) is 0 Å². The Kier molecular flexibility index (Phi) is 4.74. The summed E-state index contributed by atoms with van der Waals surface area (Å²) in [4.78, 5) is 18.8. The maximum Gasteiger partial charge on any atom is 0.279 e. The van der Waals surface area contributed by atoms with Crippen molar-refractivity contribution in [3.63, 3.8) is 0 Å². The fraction of sp³-hybridized carbons (Fsp3) is 0.333. The number of nitrogens with zero attached hydrogens (tertiary/aromatic N) is 1. The van der Waals surface area contributed by atoms with Crippen LogP contribution in [-0.4, -0.2) is 24.0 Å². The fourth-order valence-corrected chi connectivity index (χ4v) is 4.91. The van der Waals surface area contributed by atoms with E-state index in [1.807, 2.05) is 18.2 Å². The second-order valence-corrected chi connectivity index (χ2v) is 8.16. The maximum absolute atomic E-state index is 12.6. The molecule has 1 aromatic heterocycles. The van der Waals surface area contributed by atoms with Crippen LogP contribution in [0, 0.1) is 13.8 Å². The van der Waals surface area contributed by atoms with Crippen molar-refractivity contribution in [3.8, 4) is 0 Å². The second kappa shape index (κ2) is 7.17. The van der Waals surface area contributed by atoms with Gasteiger partial charge in [0.05, 0.1) is 16.8 Å². The van der Waals surface area contributed by atoms with E-state index in [1.54, 1.807) is 11.3 Å². The van der Waals surface area contributed by atoms with E-state index in [1.165, 1.54) is 20.2 Å². The standard InChI is InChI=1S/C21H23N3OS/c1-14-7-5-9-16(15(14)2)22-20(25)13-24-12-6-10-18(24)21-23-17-8-3-4-11-19(17)26-21/h3-5,7-9,11,18H,6,10,12-13H2,1-2H3,(H,22,25)/p+1/t18-/m1/s1. The van der Waals surface area contributed by atoms with Crippen LogP contribution in [0.15, 0.2) is 42.5 Å². The van der Waals surface area contributed by atoms with Crippen molar-refractivity contribution < 1.29 is 9.69 Å². The van der Waals surface area contributed by atoms with Gasteiger partial charge in [-0.25, -0.2) is 4.98 Å². The first-order valence-electron chi connectivity index (χ1n) is 9.18. The molecule has 5 heteroatoms. The summed E-state index contributed by atoms with van der Waals surface area (Å²) in [6.45, 7) is 5.65. The first-order chi connectivity index (χ1) is 12.6. The lowest BCUT2D eigenvalue weighted by molar-refractivity contribution is -0.910.